The maximum absolute atomic E-state index is 11.2. The minimum absolute atomic E-state index is 0.0939. The van der Waals surface area contributed by atoms with Crippen LogP contribution in [0.2, 0.25) is 0 Å². The quantitative estimate of drug-likeness (QED) is 0.600. The second kappa shape index (κ2) is 5.29. The van der Waals surface area contributed by atoms with Gasteiger partial charge in [-0.25, -0.2) is 0 Å². The van der Waals surface area contributed by atoms with Crippen molar-refractivity contribution >= 4 is 5.91 Å². The number of hydrogen-bond acceptors (Lipinski definition) is 4. The lowest BCUT2D eigenvalue weighted by molar-refractivity contribution is -0.123. The molecule has 0 bridgehead atoms. The molecule has 0 aromatic heterocycles. The number of morpholine rings is 1. The summed E-state index contributed by atoms with van der Waals surface area (Å²) in [7, 11) is 2.04. The number of hydrogen-bond donors (Lipinski definition) is 2. The molecule has 3 N–H and O–H groups in total. The number of nitrogens with zero attached hydrogens (tertiary/aromatic N) is 1. The highest BCUT2D eigenvalue weighted by Crippen LogP contribution is 2.01. The molecule has 14 heavy (non-hydrogen) atoms. The van der Waals surface area contributed by atoms with E-state index in [9.17, 15) is 4.79 Å². The van der Waals surface area contributed by atoms with E-state index in [-0.39, 0.29) is 12.0 Å². The third-order valence-electron chi connectivity index (χ3n) is 2.26. The van der Waals surface area contributed by atoms with Crippen molar-refractivity contribution in [2.24, 2.45) is 5.73 Å². The van der Waals surface area contributed by atoms with Crippen LogP contribution in [0, 0.1) is 0 Å². The number of carbonyl (C=O) groups is 1. The first-order chi connectivity index (χ1) is 6.59. The molecule has 1 unspecified atom stereocenters. The zero-order valence-electron chi connectivity index (χ0n) is 8.82. The Labute approximate surface area is 84.6 Å². The third kappa shape index (κ3) is 3.61. The van der Waals surface area contributed by atoms with Crippen LogP contribution in [0.1, 0.15) is 6.92 Å². The van der Waals surface area contributed by atoms with Gasteiger partial charge in [0.15, 0.2) is 0 Å². The molecule has 1 amide bonds. The number of rotatable bonds is 3. The smallest absolute Gasteiger partial charge is 0.236 e. The second-order valence-corrected chi connectivity index (χ2v) is 3.79. The Hall–Kier alpha value is -0.650. The summed E-state index contributed by atoms with van der Waals surface area (Å²) in [4.78, 5) is 13.3. The number of amides is 1. The van der Waals surface area contributed by atoms with Crippen LogP contribution in [0.25, 0.3) is 0 Å². The van der Waals surface area contributed by atoms with Gasteiger partial charge in [-0.3, -0.25) is 4.79 Å². The third-order valence-corrected chi connectivity index (χ3v) is 2.26. The molecule has 82 valence electrons. The summed E-state index contributed by atoms with van der Waals surface area (Å²) in [5.74, 6) is -0.123. The molecule has 1 aliphatic rings. The summed E-state index contributed by atoms with van der Waals surface area (Å²) in [5.41, 5.74) is 5.42. The van der Waals surface area contributed by atoms with Crippen molar-refractivity contribution in [1.29, 1.82) is 0 Å². The summed E-state index contributed by atoms with van der Waals surface area (Å²) < 4.78 is 5.48. The van der Waals surface area contributed by atoms with Crippen molar-refractivity contribution in [3.8, 4) is 0 Å². The van der Waals surface area contributed by atoms with E-state index in [1.165, 1.54) is 0 Å². The molecule has 5 heteroatoms. The number of likely N-dealkylation sites (N-methyl/N-ethyl adjacent to an activating group) is 1. The molecule has 2 atom stereocenters. The van der Waals surface area contributed by atoms with Crippen LogP contribution in [-0.4, -0.2) is 56.2 Å². The Morgan fingerprint density at radius 1 is 1.79 bits per heavy atom. The minimum atomic E-state index is -0.448. The molecule has 0 aromatic carbocycles. The van der Waals surface area contributed by atoms with E-state index in [1.54, 1.807) is 6.92 Å². The topological polar surface area (TPSA) is 67.6 Å². The van der Waals surface area contributed by atoms with Gasteiger partial charge in [-0.2, -0.15) is 0 Å². The fraction of sp³-hybridized carbons (Fsp3) is 0.889. The van der Waals surface area contributed by atoms with E-state index in [2.05, 4.69) is 10.2 Å². The van der Waals surface area contributed by atoms with Gasteiger partial charge in [-0.05, 0) is 14.0 Å². The summed E-state index contributed by atoms with van der Waals surface area (Å²) in [6.07, 6.45) is 0.0939. The fourth-order valence-corrected chi connectivity index (χ4v) is 1.37. The predicted molar refractivity (Wildman–Crippen MR) is 53.9 cm³/mol. The van der Waals surface area contributed by atoms with Crippen LogP contribution in [0.4, 0.5) is 0 Å². The molecule has 0 aliphatic carbocycles. The van der Waals surface area contributed by atoms with Crippen molar-refractivity contribution in [2.75, 3.05) is 33.3 Å². The number of ether oxygens (including phenoxy) is 1. The highest BCUT2D eigenvalue weighted by atomic mass is 16.5. The van der Waals surface area contributed by atoms with E-state index >= 15 is 0 Å². The molecule has 1 heterocycles. The minimum Gasteiger partial charge on any atom is -0.374 e. The van der Waals surface area contributed by atoms with Gasteiger partial charge in [0, 0.05) is 19.6 Å². The molecular formula is C9H19N3O2. The first kappa shape index (κ1) is 11.4. The lowest BCUT2D eigenvalue weighted by atomic mass is 10.2. The Balaban J connectivity index is 2.20. The van der Waals surface area contributed by atoms with Gasteiger partial charge in [0.1, 0.15) is 0 Å². The Morgan fingerprint density at radius 3 is 3.07 bits per heavy atom. The normalized spacial score (nSPS) is 25.8. The first-order valence-corrected chi connectivity index (χ1v) is 4.93. The maximum Gasteiger partial charge on any atom is 0.236 e. The molecule has 1 fully saturated rings. The van der Waals surface area contributed by atoms with E-state index in [0.29, 0.717) is 6.54 Å². The number of nitrogens with two attached hydrogens (primary N) is 1. The molecule has 1 aliphatic heterocycles. The van der Waals surface area contributed by atoms with Crippen LogP contribution >= 0.6 is 0 Å². The lowest BCUT2D eigenvalue weighted by Crippen LogP contribution is -2.48. The van der Waals surface area contributed by atoms with Crippen LogP contribution in [0.3, 0.4) is 0 Å². The second-order valence-electron chi connectivity index (χ2n) is 3.79. The van der Waals surface area contributed by atoms with Gasteiger partial charge in [0.25, 0.3) is 0 Å². The van der Waals surface area contributed by atoms with E-state index in [1.807, 2.05) is 7.05 Å². The Morgan fingerprint density at radius 2 is 2.50 bits per heavy atom. The Kier molecular flexibility index (Phi) is 4.31. The summed E-state index contributed by atoms with van der Waals surface area (Å²) in [6.45, 7) is 4.76. The first-order valence-electron chi connectivity index (χ1n) is 4.93. The van der Waals surface area contributed by atoms with Gasteiger partial charge >= 0.3 is 0 Å². The van der Waals surface area contributed by atoms with Crippen molar-refractivity contribution in [2.45, 2.75) is 19.1 Å². The molecule has 1 saturated heterocycles. The molecule has 0 spiro atoms. The largest absolute Gasteiger partial charge is 0.374 e. The fourth-order valence-electron chi connectivity index (χ4n) is 1.37. The lowest BCUT2D eigenvalue weighted by Gasteiger charge is -2.30. The summed E-state index contributed by atoms with van der Waals surface area (Å²) >= 11 is 0. The average molecular weight is 201 g/mol. The predicted octanol–water partition coefficient (Wildman–Crippen LogP) is -1.22. The number of carbonyl (C=O) groups excluding carboxylic acids is 1. The van der Waals surface area contributed by atoms with Crippen LogP contribution in [0.5, 0.6) is 0 Å². The summed E-state index contributed by atoms with van der Waals surface area (Å²) in [5, 5.41) is 2.76. The molecule has 1 rings (SSSR count). The van der Waals surface area contributed by atoms with E-state index < -0.39 is 6.04 Å². The van der Waals surface area contributed by atoms with Gasteiger partial charge < -0.3 is 20.7 Å². The van der Waals surface area contributed by atoms with Gasteiger partial charge in [0.05, 0.1) is 18.8 Å². The molecule has 0 radical (unpaired) electrons. The zero-order valence-corrected chi connectivity index (χ0v) is 8.82. The molecular weight excluding hydrogens is 182 g/mol. The SMILES string of the molecule is C[C@H](N)C(=O)NCC1CN(C)CCO1. The van der Waals surface area contributed by atoms with Crippen molar-refractivity contribution < 1.29 is 9.53 Å². The van der Waals surface area contributed by atoms with Crippen LogP contribution < -0.4 is 11.1 Å². The monoisotopic (exact) mass is 201 g/mol. The van der Waals surface area contributed by atoms with Crippen LogP contribution in [-0.2, 0) is 9.53 Å². The van der Waals surface area contributed by atoms with Gasteiger partial charge in [0.2, 0.25) is 5.91 Å². The highest BCUT2D eigenvalue weighted by molar-refractivity contribution is 5.80. The highest BCUT2D eigenvalue weighted by Gasteiger charge is 2.18. The molecule has 0 saturated carbocycles. The van der Waals surface area contributed by atoms with E-state index in [4.69, 9.17) is 10.5 Å². The van der Waals surface area contributed by atoms with Crippen molar-refractivity contribution in [1.82, 2.24) is 10.2 Å². The number of nitrogens with one attached hydrogen (secondary N) is 1. The van der Waals surface area contributed by atoms with Crippen LogP contribution in [0.15, 0.2) is 0 Å². The van der Waals surface area contributed by atoms with Gasteiger partial charge in [-0.15, -0.1) is 0 Å². The maximum atomic E-state index is 11.2. The average Bonchev–Trinajstić information content (AvgIpc) is 2.14. The standard InChI is InChI=1S/C9H19N3O2/c1-7(10)9(13)11-5-8-6-12(2)3-4-14-8/h7-8H,3-6,10H2,1-2H3,(H,11,13)/t7-,8?/m0/s1. The van der Waals surface area contributed by atoms with Gasteiger partial charge in [-0.1, -0.05) is 0 Å². The zero-order chi connectivity index (χ0) is 10.6. The van der Waals surface area contributed by atoms with E-state index in [0.717, 1.165) is 19.7 Å². The summed E-state index contributed by atoms with van der Waals surface area (Å²) in [6, 6.07) is -0.448. The molecule has 0 aromatic rings. The molecule has 5 nitrogen and oxygen atoms in total. The van der Waals surface area contributed by atoms with Crippen molar-refractivity contribution in [3.05, 3.63) is 0 Å². The Bertz CT molecular complexity index is 196. The van der Waals surface area contributed by atoms with Crippen molar-refractivity contribution in [3.63, 3.8) is 0 Å².